The molecule has 0 atom stereocenters. The fourth-order valence-electron chi connectivity index (χ4n) is 0.714. The van der Waals surface area contributed by atoms with E-state index in [1.54, 1.807) is 0 Å². The lowest BCUT2D eigenvalue weighted by Gasteiger charge is -1.89. The third-order valence-corrected chi connectivity index (χ3v) is 1.25. The van der Waals surface area contributed by atoms with Crippen LogP contribution in [-0.4, -0.2) is 7.11 Å². The minimum Gasteiger partial charge on any atom is -0.308 e. The van der Waals surface area contributed by atoms with Crippen LogP contribution in [0.25, 0.3) is 0 Å². The summed E-state index contributed by atoms with van der Waals surface area (Å²) < 4.78 is 0. The van der Waals surface area contributed by atoms with Crippen LogP contribution < -0.4 is 5.90 Å². The molecule has 0 aliphatic heterocycles. The van der Waals surface area contributed by atoms with Gasteiger partial charge in [-0.1, -0.05) is 44.7 Å². The lowest BCUT2D eigenvalue weighted by atomic mass is 10.2. The molecule has 0 saturated carbocycles. The zero-order chi connectivity index (χ0) is 8.53. The van der Waals surface area contributed by atoms with Gasteiger partial charge < -0.3 is 4.84 Å². The number of benzene rings is 1. The van der Waals surface area contributed by atoms with E-state index in [1.807, 2.05) is 6.07 Å². The number of hydrogen-bond acceptors (Lipinski definition) is 2. The summed E-state index contributed by atoms with van der Waals surface area (Å²) in [6.07, 6.45) is 1.14. The average molecular weight is 169 g/mol. The Bertz CT molecular complexity index is 163. The molecule has 0 saturated heterocycles. The highest BCUT2D eigenvalue weighted by molar-refractivity contribution is 5.13. The average Bonchev–Trinajstić information content (AvgIpc) is 2.08. The van der Waals surface area contributed by atoms with E-state index in [9.17, 15) is 0 Å². The van der Waals surface area contributed by atoms with Crippen LogP contribution in [0.5, 0.6) is 0 Å². The van der Waals surface area contributed by atoms with Crippen molar-refractivity contribution in [2.45, 2.75) is 20.8 Å². The molecule has 0 amide bonds. The van der Waals surface area contributed by atoms with Gasteiger partial charge in [0, 0.05) is 0 Å². The van der Waals surface area contributed by atoms with Crippen LogP contribution in [0.1, 0.15) is 19.9 Å². The fraction of sp³-hybridized carbons (Fsp3) is 0.400. The molecular weight excluding hydrogens is 150 g/mol. The van der Waals surface area contributed by atoms with Gasteiger partial charge in [-0.2, -0.15) is 0 Å². The molecule has 0 aliphatic carbocycles. The molecule has 1 rings (SSSR count). The second-order valence-corrected chi connectivity index (χ2v) is 2.07. The molecule has 1 aromatic rings. The van der Waals surface area contributed by atoms with E-state index in [4.69, 9.17) is 0 Å². The second-order valence-electron chi connectivity index (χ2n) is 2.07. The van der Waals surface area contributed by atoms with E-state index in [2.05, 4.69) is 41.9 Å². The largest absolute Gasteiger partial charge is 0.308 e. The molecule has 0 heterocycles. The molecule has 0 aromatic heterocycles. The fourth-order valence-corrected chi connectivity index (χ4v) is 0.714. The first-order chi connectivity index (χ1) is 5.35. The van der Waals surface area contributed by atoms with Crippen LogP contribution >= 0.6 is 0 Å². The summed E-state index contributed by atoms with van der Waals surface area (Å²) in [6, 6.07) is 10.5. The predicted octanol–water partition coefficient (Wildman–Crippen LogP) is 2.39. The van der Waals surface area contributed by atoms with E-state index in [0.717, 1.165) is 6.42 Å². The summed E-state index contributed by atoms with van der Waals surface area (Å²) in [5, 5.41) is 0. The molecular formula is C10H19NO. The van der Waals surface area contributed by atoms with Crippen LogP contribution in [0.2, 0.25) is 0 Å². The summed E-state index contributed by atoms with van der Waals surface area (Å²) in [6.45, 7) is 2.16. The summed E-state index contributed by atoms with van der Waals surface area (Å²) in [7, 11) is 1.40. The van der Waals surface area contributed by atoms with Gasteiger partial charge in [0.15, 0.2) is 0 Å². The lowest BCUT2D eigenvalue weighted by molar-refractivity contribution is 0.206. The Hall–Kier alpha value is -0.860. The monoisotopic (exact) mass is 169 g/mol. The number of aryl methyl sites for hydroxylation is 1. The first kappa shape index (κ1) is 13.7. The highest BCUT2D eigenvalue weighted by Gasteiger charge is 1.79. The Labute approximate surface area is 75.3 Å². The summed E-state index contributed by atoms with van der Waals surface area (Å²) in [5.41, 5.74) is 1.41. The molecule has 0 radical (unpaired) electrons. The Morgan fingerprint density at radius 1 is 1.25 bits per heavy atom. The standard InChI is InChI=1S/C8H10.CH5NO.CH4/c1-2-8-6-4-3-5-7-8;1-3-2;/h3-7H,2H2,1H3;2H2,1H3;1H4. The van der Waals surface area contributed by atoms with Crippen LogP contribution in [0.3, 0.4) is 0 Å². The van der Waals surface area contributed by atoms with Gasteiger partial charge in [0.2, 0.25) is 0 Å². The van der Waals surface area contributed by atoms with E-state index < -0.39 is 0 Å². The van der Waals surface area contributed by atoms with Crippen LogP contribution in [0, 0.1) is 0 Å². The van der Waals surface area contributed by atoms with Crippen molar-refractivity contribution in [1.29, 1.82) is 0 Å². The number of rotatable bonds is 1. The van der Waals surface area contributed by atoms with Gasteiger partial charge >= 0.3 is 0 Å². The second kappa shape index (κ2) is 10.1. The third kappa shape index (κ3) is 7.25. The Kier molecular flexibility index (Phi) is 11.6. The van der Waals surface area contributed by atoms with Crippen molar-refractivity contribution in [3.63, 3.8) is 0 Å². The summed E-state index contributed by atoms with van der Waals surface area (Å²) in [4.78, 5) is 3.75. The molecule has 0 bridgehead atoms. The lowest BCUT2D eigenvalue weighted by Crippen LogP contribution is -1.86. The Balaban J connectivity index is 0. The molecule has 2 nitrogen and oxygen atoms in total. The SMILES string of the molecule is C.CCc1ccccc1.CON. The molecule has 12 heavy (non-hydrogen) atoms. The van der Waals surface area contributed by atoms with E-state index in [-0.39, 0.29) is 7.43 Å². The maximum Gasteiger partial charge on any atom is 0.0569 e. The minimum absolute atomic E-state index is 0. The Morgan fingerprint density at radius 3 is 1.92 bits per heavy atom. The highest BCUT2D eigenvalue weighted by Crippen LogP contribution is 1.96. The van der Waals surface area contributed by atoms with Crippen molar-refractivity contribution in [3.8, 4) is 0 Å². The van der Waals surface area contributed by atoms with Gasteiger partial charge in [0.1, 0.15) is 0 Å². The van der Waals surface area contributed by atoms with Crippen molar-refractivity contribution in [2.24, 2.45) is 5.90 Å². The van der Waals surface area contributed by atoms with E-state index in [0.29, 0.717) is 0 Å². The van der Waals surface area contributed by atoms with Crippen molar-refractivity contribution in [3.05, 3.63) is 35.9 Å². The van der Waals surface area contributed by atoms with Gasteiger partial charge in [-0.05, 0) is 12.0 Å². The topological polar surface area (TPSA) is 35.2 Å². The van der Waals surface area contributed by atoms with Gasteiger partial charge in [-0.25, -0.2) is 5.90 Å². The molecule has 0 unspecified atom stereocenters. The first-order valence-electron chi connectivity index (χ1n) is 3.62. The minimum atomic E-state index is 0. The molecule has 0 aliphatic rings. The molecule has 70 valence electrons. The molecule has 0 fully saturated rings. The smallest absolute Gasteiger partial charge is 0.0569 e. The summed E-state index contributed by atoms with van der Waals surface area (Å²) >= 11 is 0. The molecule has 1 aromatic carbocycles. The normalized spacial score (nSPS) is 7.58. The zero-order valence-corrected chi connectivity index (χ0v) is 7.08. The van der Waals surface area contributed by atoms with Crippen molar-refractivity contribution >= 4 is 0 Å². The molecule has 0 spiro atoms. The van der Waals surface area contributed by atoms with Crippen LogP contribution in [0.15, 0.2) is 30.3 Å². The first-order valence-corrected chi connectivity index (χ1v) is 3.62. The predicted molar refractivity (Wildman–Crippen MR) is 53.7 cm³/mol. The van der Waals surface area contributed by atoms with Crippen LogP contribution in [-0.2, 0) is 11.3 Å². The summed E-state index contributed by atoms with van der Waals surface area (Å²) in [5.74, 6) is 4.35. The van der Waals surface area contributed by atoms with Crippen molar-refractivity contribution < 1.29 is 4.84 Å². The maximum atomic E-state index is 4.35. The zero-order valence-electron chi connectivity index (χ0n) is 7.08. The number of hydrogen-bond donors (Lipinski definition) is 1. The van der Waals surface area contributed by atoms with Gasteiger partial charge in [0.25, 0.3) is 0 Å². The quantitative estimate of drug-likeness (QED) is 0.655. The third-order valence-electron chi connectivity index (χ3n) is 1.25. The van der Waals surface area contributed by atoms with Crippen molar-refractivity contribution in [2.75, 3.05) is 7.11 Å². The van der Waals surface area contributed by atoms with E-state index in [1.165, 1.54) is 12.7 Å². The number of nitrogens with two attached hydrogens (primary N) is 1. The van der Waals surface area contributed by atoms with E-state index >= 15 is 0 Å². The van der Waals surface area contributed by atoms with Gasteiger partial charge in [-0.3, -0.25) is 0 Å². The maximum absolute atomic E-state index is 4.35. The van der Waals surface area contributed by atoms with Crippen molar-refractivity contribution in [1.82, 2.24) is 0 Å². The molecule has 2 N–H and O–H groups in total. The Morgan fingerprint density at radius 2 is 1.67 bits per heavy atom. The van der Waals surface area contributed by atoms with Gasteiger partial charge in [0.05, 0.1) is 7.11 Å². The molecule has 2 heteroatoms. The highest BCUT2D eigenvalue weighted by atomic mass is 16.6. The van der Waals surface area contributed by atoms with Crippen LogP contribution in [0.4, 0.5) is 0 Å². The van der Waals surface area contributed by atoms with Gasteiger partial charge in [-0.15, -0.1) is 0 Å².